The fourth-order valence-corrected chi connectivity index (χ4v) is 5.79. The van der Waals surface area contributed by atoms with Crippen LogP contribution in [0.25, 0.3) is 0 Å². The van der Waals surface area contributed by atoms with Gasteiger partial charge >= 0.3 is 5.97 Å². The van der Waals surface area contributed by atoms with Crippen LogP contribution >= 0.6 is 11.6 Å². The number of carbonyl (C=O) groups excluding carboxylic acids is 3. The summed E-state index contributed by atoms with van der Waals surface area (Å²) in [6, 6.07) is 4.21. The highest BCUT2D eigenvalue weighted by Gasteiger charge is 2.38. The maximum absolute atomic E-state index is 13.6. The Kier molecular flexibility index (Phi) is 7.73. The summed E-state index contributed by atoms with van der Waals surface area (Å²) in [5.74, 6) is -3.01. The predicted octanol–water partition coefficient (Wildman–Crippen LogP) is 4.90. The molecule has 2 aromatic rings. The van der Waals surface area contributed by atoms with Gasteiger partial charge in [0.25, 0.3) is 17.6 Å². The van der Waals surface area contributed by atoms with Crippen molar-refractivity contribution in [2.75, 3.05) is 5.32 Å². The van der Waals surface area contributed by atoms with E-state index in [1.807, 2.05) is 6.92 Å². The fraction of sp³-hybridized carbons (Fsp3) is 0.481. The first-order valence-corrected chi connectivity index (χ1v) is 12.9. The second-order valence-corrected chi connectivity index (χ2v) is 10.8. The van der Waals surface area contributed by atoms with Crippen molar-refractivity contribution >= 4 is 40.9 Å². The number of Topliss-reactive ketones (excluding diaryl/α,β-unsaturated/α-hetero) is 1. The Morgan fingerprint density at radius 1 is 1.22 bits per heavy atom. The number of amides is 2. The van der Waals surface area contributed by atoms with Gasteiger partial charge in [-0.3, -0.25) is 19.2 Å². The number of carboxylic acids is 1. The van der Waals surface area contributed by atoms with Crippen LogP contribution in [0.15, 0.2) is 18.2 Å². The standard InChI is InChI=1S/C27H31ClFN3O5/c1-15-14-17(6-7-18(15)29)30-25(36)21-19-4-3-13-32(19)23(22(21)28)24(35)26(37)31-27(2)11-9-16(10-12-27)5-8-20(33)34/h6-7,14,16H,3-5,8-13H2,1-2H3,(H,30,36)(H,31,37)(H,33,34). The van der Waals surface area contributed by atoms with Gasteiger partial charge in [0, 0.05) is 29.9 Å². The number of carboxylic acid groups (broad SMARTS) is 1. The molecule has 1 aliphatic carbocycles. The number of aliphatic carboxylic acids is 1. The summed E-state index contributed by atoms with van der Waals surface area (Å²) in [6.07, 6.45) is 4.80. The number of hydrogen-bond acceptors (Lipinski definition) is 4. The number of nitrogens with one attached hydrogen (secondary N) is 2. The second kappa shape index (κ2) is 10.7. The zero-order chi connectivity index (χ0) is 26.9. The van der Waals surface area contributed by atoms with E-state index in [1.54, 1.807) is 11.5 Å². The minimum absolute atomic E-state index is 0.00541. The Labute approximate surface area is 219 Å². The van der Waals surface area contributed by atoms with Crippen LogP contribution in [0.3, 0.4) is 0 Å². The summed E-state index contributed by atoms with van der Waals surface area (Å²) in [5.41, 5.74) is 0.953. The molecular weight excluding hydrogens is 501 g/mol. The average Bonchev–Trinajstić information content (AvgIpc) is 3.40. The molecule has 10 heteroatoms. The van der Waals surface area contributed by atoms with Crippen molar-refractivity contribution in [3.05, 3.63) is 51.6 Å². The summed E-state index contributed by atoms with van der Waals surface area (Å²) in [4.78, 5) is 50.3. The van der Waals surface area contributed by atoms with E-state index in [2.05, 4.69) is 10.6 Å². The van der Waals surface area contributed by atoms with Gasteiger partial charge in [-0.25, -0.2) is 4.39 Å². The first kappa shape index (κ1) is 26.9. The molecule has 0 atom stereocenters. The van der Waals surface area contributed by atoms with Crippen LogP contribution in [0.4, 0.5) is 10.1 Å². The van der Waals surface area contributed by atoms with E-state index >= 15 is 0 Å². The number of hydrogen-bond donors (Lipinski definition) is 3. The number of carbonyl (C=O) groups is 4. The largest absolute Gasteiger partial charge is 0.481 e. The molecule has 1 aromatic heterocycles. The van der Waals surface area contributed by atoms with E-state index in [-0.39, 0.29) is 34.4 Å². The molecule has 1 aromatic carbocycles. The van der Waals surface area contributed by atoms with Gasteiger partial charge in [-0.05, 0) is 88.5 Å². The van der Waals surface area contributed by atoms with Gasteiger partial charge in [0.2, 0.25) is 0 Å². The molecular formula is C27H31ClFN3O5. The van der Waals surface area contributed by atoms with Gasteiger partial charge in [0.1, 0.15) is 11.5 Å². The van der Waals surface area contributed by atoms with Crippen LogP contribution in [0.2, 0.25) is 5.02 Å². The molecule has 3 N–H and O–H groups in total. The summed E-state index contributed by atoms with van der Waals surface area (Å²) in [7, 11) is 0. The lowest BCUT2D eigenvalue weighted by molar-refractivity contribution is -0.137. The number of nitrogens with zero attached hydrogens (tertiary/aromatic N) is 1. The van der Waals surface area contributed by atoms with Crippen molar-refractivity contribution < 1.29 is 28.7 Å². The van der Waals surface area contributed by atoms with Crippen molar-refractivity contribution in [1.29, 1.82) is 0 Å². The average molecular weight is 532 g/mol. The van der Waals surface area contributed by atoms with E-state index in [9.17, 15) is 23.6 Å². The van der Waals surface area contributed by atoms with Crippen molar-refractivity contribution in [2.24, 2.45) is 5.92 Å². The number of aromatic nitrogens is 1. The lowest BCUT2D eigenvalue weighted by atomic mass is 9.76. The Bertz CT molecular complexity index is 1260. The Balaban J connectivity index is 1.49. The number of anilines is 1. The van der Waals surface area contributed by atoms with Crippen molar-refractivity contribution in [2.45, 2.75) is 77.3 Å². The fourth-order valence-electron chi connectivity index (χ4n) is 5.41. The number of halogens is 2. The summed E-state index contributed by atoms with van der Waals surface area (Å²) < 4.78 is 15.3. The number of fused-ring (bicyclic) bond motifs is 1. The van der Waals surface area contributed by atoms with Crippen LogP contribution in [0.1, 0.15) is 84.0 Å². The van der Waals surface area contributed by atoms with Gasteiger partial charge in [0.15, 0.2) is 0 Å². The third-order valence-electron chi connectivity index (χ3n) is 7.56. The zero-order valence-electron chi connectivity index (χ0n) is 21.0. The lowest BCUT2D eigenvalue weighted by Gasteiger charge is -2.37. The third-order valence-corrected chi connectivity index (χ3v) is 7.93. The highest BCUT2D eigenvalue weighted by molar-refractivity contribution is 6.48. The molecule has 198 valence electrons. The molecule has 0 spiro atoms. The molecule has 1 aliphatic heterocycles. The van der Waals surface area contributed by atoms with E-state index < -0.39 is 29.1 Å². The quantitative estimate of drug-likeness (QED) is 0.331. The summed E-state index contributed by atoms with van der Waals surface area (Å²) in [5, 5.41) is 14.4. The smallest absolute Gasteiger partial charge is 0.303 e. The molecule has 2 aliphatic rings. The molecule has 1 saturated carbocycles. The molecule has 0 bridgehead atoms. The highest BCUT2D eigenvalue weighted by Crippen LogP contribution is 2.36. The maximum atomic E-state index is 13.6. The monoisotopic (exact) mass is 531 g/mol. The first-order chi connectivity index (χ1) is 17.5. The number of ketones is 1. The summed E-state index contributed by atoms with van der Waals surface area (Å²) >= 11 is 6.57. The van der Waals surface area contributed by atoms with Gasteiger partial charge in [0.05, 0.1) is 10.6 Å². The van der Waals surface area contributed by atoms with Gasteiger partial charge < -0.3 is 20.3 Å². The number of benzene rings is 1. The van der Waals surface area contributed by atoms with Crippen LogP contribution in [-0.4, -0.2) is 38.8 Å². The van der Waals surface area contributed by atoms with Gasteiger partial charge in [-0.1, -0.05) is 11.6 Å². The molecule has 37 heavy (non-hydrogen) atoms. The van der Waals surface area contributed by atoms with E-state index in [1.165, 1.54) is 18.2 Å². The molecule has 0 saturated heterocycles. The van der Waals surface area contributed by atoms with Gasteiger partial charge in [-0.15, -0.1) is 0 Å². The van der Waals surface area contributed by atoms with Crippen LogP contribution in [-0.2, 0) is 22.6 Å². The topological polar surface area (TPSA) is 118 Å². The number of aryl methyl sites for hydroxylation is 1. The second-order valence-electron chi connectivity index (χ2n) is 10.4. The minimum Gasteiger partial charge on any atom is -0.481 e. The van der Waals surface area contributed by atoms with Crippen LogP contribution < -0.4 is 10.6 Å². The Morgan fingerprint density at radius 2 is 1.92 bits per heavy atom. The predicted molar refractivity (Wildman–Crippen MR) is 137 cm³/mol. The SMILES string of the molecule is Cc1cc(NC(=O)c2c(Cl)c(C(=O)C(=O)NC3(C)CCC(CCC(=O)O)CC3)n3c2CCC3)ccc1F. The molecule has 0 radical (unpaired) electrons. The zero-order valence-corrected chi connectivity index (χ0v) is 21.7. The molecule has 8 nitrogen and oxygen atoms in total. The molecule has 0 unspecified atom stereocenters. The Hall–Kier alpha value is -3.20. The van der Waals surface area contributed by atoms with Crippen molar-refractivity contribution in [3.63, 3.8) is 0 Å². The normalized spacial score (nSPS) is 20.8. The summed E-state index contributed by atoms with van der Waals surface area (Å²) in [6.45, 7) is 3.95. The van der Waals surface area contributed by atoms with E-state index in [0.717, 1.165) is 12.8 Å². The lowest BCUT2D eigenvalue weighted by Crippen LogP contribution is -2.50. The van der Waals surface area contributed by atoms with Crippen molar-refractivity contribution in [3.8, 4) is 0 Å². The highest BCUT2D eigenvalue weighted by atomic mass is 35.5. The van der Waals surface area contributed by atoms with Crippen LogP contribution in [0, 0.1) is 18.7 Å². The third kappa shape index (κ3) is 5.71. The maximum Gasteiger partial charge on any atom is 0.303 e. The van der Waals surface area contributed by atoms with E-state index in [4.69, 9.17) is 16.7 Å². The molecule has 1 fully saturated rings. The van der Waals surface area contributed by atoms with Crippen molar-refractivity contribution in [1.82, 2.24) is 9.88 Å². The minimum atomic E-state index is -0.815. The molecule has 2 heterocycles. The first-order valence-electron chi connectivity index (χ1n) is 12.6. The number of rotatable bonds is 8. The van der Waals surface area contributed by atoms with Gasteiger partial charge in [-0.2, -0.15) is 0 Å². The molecule has 4 rings (SSSR count). The molecule has 2 amide bonds. The Morgan fingerprint density at radius 3 is 2.57 bits per heavy atom. The van der Waals surface area contributed by atoms with Crippen LogP contribution in [0.5, 0.6) is 0 Å². The van der Waals surface area contributed by atoms with E-state index in [0.29, 0.717) is 55.6 Å².